The Morgan fingerprint density at radius 1 is 1.11 bits per heavy atom. The van der Waals surface area contributed by atoms with Crippen LogP contribution in [0.1, 0.15) is 54.5 Å². The number of amides is 2. The second kappa shape index (κ2) is 10.4. The van der Waals surface area contributed by atoms with E-state index in [4.69, 9.17) is 27.9 Å². The highest BCUT2D eigenvalue weighted by atomic mass is 35.5. The van der Waals surface area contributed by atoms with Crippen molar-refractivity contribution in [3.63, 3.8) is 0 Å². The smallest absolute Gasteiger partial charge is 0.410 e. The Balaban J connectivity index is 1.56. The van der Waals surface area contributed by atoms with E-state index in [1.165, 1.54) is 17.4 Å². The Kier molecular flexibility index (Phi) is 7.47. The summed E-state index contributed by atoms with van der Waals surface area (Å²) in [6.45, 7) is 4.89. The van der Waals surface area contributed by atoms with Gasteiger partial charge in [-0.15, -0.1) is 0 Å². The van der Waals surface area contributed by atoms with E-state index in [2.05, 4.69) is 19.5 Å². The van der Waals surface area contributed by atoms with Crippen LogP contribution in [0.2, 0.25) is 10.0 Å². The van der Waals surface area contributed by atoms with E-state index in [0.717, 1.165) is 23.9 Å². The molecule has 4 heterocycles. The zero-order valence-corrected chi connectivity index (χ0v) is 21.7. The van der Waals surface area contributed by atoms with Crippen LogP contribution in [0.15, 0.2) is 24.8 Å². The summed E-state index contributed by atoms with van der Waals surface area (Å²) in [6.07, 6.45) is 6.37. The van der Waals surface area contributed by atoms with Crippen LogP contribution in [0.25, 0.3) is 11.0 Å². The van der Waals surface area contributed by atoms with E-state index in [1.54, 1.807) is 25.1 Å². The number of carbonyl (C=O) groups is 2. The molecule has 0 unspecified atom stereocenters. The van der Waals surface area contributed by atoms with Crippen molar-refractivity contribution >= 4 is 46.2 Å². The molecule has 4 rings (SSSR count). The van der Waals surface area contributed by atoms with E-state index in [0.29, 0.717) is 46.5 Å². The molecule has 1 fully saturated rings. The number of rotatable bonds is 5. The van der Waals surface area contributed by atoms with Crippen LogP contribution in [-0.4, -0.2) is 74.6 Å². The van der Waals surface area contributed by atoms with Gasteiger partial charge in [-0.1, -0.05) is 23.2 Å². The summed E-state index contributed by atoms with van der Waals surface area (Å²) in [7, 11) is 3.35. The van der Waals surface area contributed by atoms with Crippen molar-refractivity contribution in [1.82, 2.24) is 29.3 Å². The molecule has 9 nitrogen and oxygen atoms in total. The molecule has 0 aliphatic carbocycles. The van der Waals surface area contributed by atoms with Gasteiger partial charge in [-0.3, -0.25) is 9.78 Å². The van der Waals surface area contributed by atoms with Crippen LogP contribution in [0.5, 0.6) is 0 Å². The maximum absolute atomic E-state index is 12.2. The van der Waals surface area contributed by atoms with Crippen molar-refractivity contribution in [2.45, 2.75) is 45.3 Å². The molecular formula is C24H28Cl2N6O3. The molecule has 3 aromatic heterocycles. The Morgan fingerprint density at radius 3 is 2.46 bits per heavy atom. The molecule has 35 heavy (non-hydrogen) atoms. The number of nitrogens with zero attached hydrogens (tertiary/aromatic N) is 6. The first-order chi connectivity index (χ1) is 16.7. The molecule has 0 radical (unpaired) electrons. The van der Waals surface area contributed by atoms with E-state index in [9.17, 15) is 9.59 Å². The summed E-state index contributed by atoms with van der Waals surface area (Å²) in [5.41, 5.74) is 2.46. The lowest BCUT2D eigenvalue weighted by Crippen LogP contribution is -2.40. The number of halogens is 2. The summed E-state index contributed by atoms with van der Waals surface area (Å²) < 4.78 is 7.39. The number of hydrogen-bond acceptors (Lipinski definition) is 6. The van der Waals surface area contributed by atoms with Gasteiger partial charge in [0.15, 0.2) is 0 Å². The minimum atomic E-state index is -0.277. The third kappa shape index (κ3) is 5.36. The van der Waals surface area contributed by atoms with Crippen molar-refractivity contribution in [3.8, 4) is 0 Å². The minimum absolute atomic E-state index is 0.143. The standard InChI is InChI=1S/C24H28Cl2N6O3/c1-14(2)35-24(34)31-7-5-16(6-8-31)32-12-18(26)21-20(28-13-29-22(21)32)10-19-17(25)9-15(11-27-19)23(33)30(3)4/h9,11-14,16H,5-8,10H2,1-4H3. The highest BCUT2D eigenvalue weighted by Crippen LogP contribution is 2.34. The average Bonchev–Trinajstić information content (AvgIpc) is 3.16. The number of pyridine rings is 1. The van der Waals surface area contributed by atoms with Gasteiger partial charge in [-0.2, -0.15) is 0 Å². The number of ether oxygens (including phenoxy) is 1. The zero-order valence-electron chi connectivity index (χ0n) is 20.2. The van der Waals surface area contributed by atoms with Crippen molar-refractivity contribution in [2.24, 2.45) is 0 Å². The van der Waals surface area contributed by atoms with Gasteiger partial charge in [0.2, 0.25) is 0 Å². The van der Waals surface area contributed by atoms with Crippen LogP contribution in [0.3, 0.4) is 0 Å². The molecular weight excluding hydrogens is 491 g/mol. The topological polar surface area (TPSA) is 93.5 Å². The van der Waals surface area contributed by atoms with Crippen LogP contribution >= 0.6 is 23.2 Å². The summed E-state index contributed by atoms with van der Waals surface area (Å²) in [5, 5.41) is 1.69. The van der Waals surface area contributed by atoms with E-state index >= 15 is 0 Å². The van der Waals surface area contributed by atoms with Crippen LogP contribution in [0, 0.1) is 0 Å². The monoisotopic (exact) mass is 518 g/mol. The number of piperidine rings is 1. The Morgan fingerprint density at radius 2 is 1.83 bits per heavy atom. The Labute approximate surface area is 214 Å². The quantitative estimate of drug-likeness (QED) is 0.489. The van der Waals surface area contributed by atoms with E-state index < -0.39 is 0 Å². The van der Waals surface area contributed by atoms with Crippen LogP contribution in [0.4, 0.5) is 4.79 Å². The van der Waals surface area contributed by atoms with Gasteiger partial charge < -0.3 is 19.1 Å². The second-order valence-electron chi connectivity index (χ2n) is 9.08. The number of likely N-dealkylation sites (tertiary alicyclic amines) is 1. The van der Waals surface area contributed by atoms with Gasteiger partial charge in [0.05, 0.1) is 38.5 Å². The van der Waals surface area contributed by atoms with Gasteiger partial charge in [-0.25, -0.2) is 14.8 Å². The average molecular weight is 519 g/mol. The summed E-state index contributed by atoms with van der Waals surface area (Å²) in [5.74, 6) is -0.168. The summed E-state index contributed by atoms with van der Waals surface area (Å²) >= 11 is 13.1. The van der Waals surface area contributed by atoms with Crippen molar-refractivity contribution in [1.29, 1.82) is 0 Å². The molecule has 0 spiro atoms. The third-order valence-electron chi connectivity index (χ3n) is 6.00. The predicted octanol–water partition coefficient (Wildman–Crippen LogP) is 4.61. The lowest BCUT2D eigenvalue weighted by Gasteiger charge is -2.32. The lowest BCUT2D eigenvalue weighted by atomic mass is 10.1. The first kappa shape index (κ1) is 25.2. The fraction of sp³-hybridized carbons (Fsp3) is 0.458. The molecule has 0 aromatic carbocycles. The maximum Gasteiger partial charge on any atom is 0.410 e. The molecule has 0 N–H and O–H groups in total. The fourth-order valence-corrected chi connectivity index (χ4v) is 4.78. The number of hydrogen-bond donors (Lipinski definition) is 0. The van der Waals surface area contributed by atoms with Gasteiger partial charge in [-0.05, 0) is 32.8 Å². The van der Waals surface area contributed by atoms with Crippen molar-refractivity contribution in [3.05, 3.63) is 51.8 Å². The highest BCUT2D eigenvalue weighted by Gasteiger charge is 2.27. The Bertz CT molecular complexity index is 1250. The molecule has 11 heteroatoms. The number of carbonyl (C=O) groups excluding carboxylic acids is 2. The minimum Gasteiger partial charge on any atom is -0.447 e. The lowest BCUT2D eigenvalue weighted by molar-refractivity contribution is 0.0662. The molecule has 186 valence electrons. The molecule has 1 aliphatic heterocycles. The third-order valence-corrected chi connectivity index (χ3v) is 6.61. The molecule has 1 aliphatic rings. The molecule has 3 aromatic rings. The van der Waals surface area contributed by atoms with Crippen molar-refractivity contribution in [2.75, 3.05) is 27.2 Å². The van der Waals surface area contributed by atoms with Gasteiger partial charge in [0, 0.05) is 52.0 Å². The van der Waals surface area contributed by atoms with Gasteiger partial charge in [0.1, 0.15) is 12.0 Å². The number of fused-ring (bicyclic) bond motifs is 1. The fourth-order valence-electron chi connectivity index (χ4n) is 4.24. The Hall–Kier alpha value is -2.91. The predicted molar refractivity (Wildman–Crippen MR) is 134 cm³/mol. The maximum atomic E-state index is 12.2. The number of aromatic nitrogens is 4. The summed E-state index contributed by atoms with van der Waals surface area (Å²) in [6, 6.07) is 1.77. The van der Waals surface area contributed by atoms with Crippen LogP contribution in [-0.2, 0) is 11.2 Å². The largest absolute Gasteiger partial charge is 0.447 e. The highest BCUT2D eigenvalue weighted by molar-refractivity contribution is 6.35. The first-order valence-corrected chi connectivity index (χ1v) is 12.2. The van der Waals surface area contributed by atoms with E-state index in [1.807, 2.05) is 20.0 Å². The zero-order chi connectivity index (χ0) is 25.3. The molecule has 0 bridgehead atoms. The molecule has 2 amide bonds. The van der Waals surface area contributed by atoms with Crippen LogP contribution < -0.4 is 0 Å². The molecule has 0 saturated carbocycles. The second-order valence-corrected chi connectivity index (χ2v) is 9.90. The van der Waals surface area contributed by atoms with Crippen molar-refractivity contribution < 1.29 is 14.3 Å². The summed E-state index contributed by atoms with van der Waals surface area (Å²) in [4.78, 5) is 41.0. The molecule has 0 atom stereocenters. The molecule has 1 saturated heterocycles. The van der Waals surface area contributed by atoms with E-state index in [-0.39, 0.29) is 24.1 Å². The van der Waals surface area contributed by atoms with Gasteiger partial charge >= 0.3 is 6.09 Å². The first-order valence-electron chi connectivity index (χ1n) is 11.5. The van der Waals surface area contributed by atoms with Gasteiger partial charge in [0.25, 0.3) is 5.91 Å². The SMILES string of the molecule is CC(C)OC(=O)N1CCC(n2cc(Cl)c3c(Cc4ncc(C(=O)N(C)C)cc4Cl)ncnc32)CC1. The normalized spacial score (nSPS) is 14.5.